The molecule has 16 heavy (non-hydrogen) atoms. The third-order valence-electron chi connectivity index (χ3n) is 1.89. The smallest absolute Gasteiger partial charge is 0.409 e. The fraction of sp³-hybridized carbons (Fsp3) is 0.556. The summed E-state index contributed by atoms with van der Waals surface area (Å²) in [7, 11) is 1.26. The molecular formula is C9H12F3N3O. The predicted octanol–water partition coefficient (Wildman–Crippen LogP) is 1.70. The van der Waals surface area contributed by atoms with Crippen LogP contribution < -0.4 is 10.1 Å². The van der Waals surface area contributed by atoms with Crippen LogP contribution in [0.3, 0.4) is 0 Å². The number of hydrogen-bond acceptors (Lipinski definition) is 4. The molecule has 90 valence electrons. The fourth-order valence-corrected chi connectivity index (χ4v) is 1.26. The van der Waals surface area contributed by atoms with Crippen LogP contribution in [0.2, 0.25) is 0 Å². The van der Waals surface area contributed by atoms with Gasteiger partial charge in [0.1, 0.15) is 5.69 Å². The molecule has 0 aliphatic carbocycles. The first-order chi connectivity index (χ1) is 7.50. The van der Waals surface area contributed by atoms with Gasteiger partial charge in [0.05, 0.1) is 7.11 Å². The highest BCUT2D eigenvalue weighted by Crippen LogP contribution is 2.34. The zero-order valence-corrected chi connectivity index (χ0v) is 8.88. The number of halogens is 3. The Morgan fingerprint density at radius 3 is 2.50 bits per heavy atom. The number of nitrogens with zero attached hydrogens (tertiary/aromatic N) is 2. The number of aromatic nitrogens is 2. The lowest BCUT2D eigenvalue weighted by atomic mass is 10.2. The van der Waals surface area contributed by atoms with Gasteiger partial charge in [-0.05, 0) is 6.54 Å². The van der Waals surface area contributed by atoms with Crippen LogP contribution in [0.1, 0.15) is 18.7 Å². The maximum Gasteiger partial charge on any atom is 0.409 e. The molecule has 0 saturated carbocycles. The summed E-state index contributed by atoms with van der Waals surface area (Å²) in [5.74, 6) is -0.120. The Hall–Kier alpha value is -1.37. The minimum atomic E-state index is -4.43. The first-order valence-electron chi connectivity index (χ1n) is 4.65. The van der Waals surface area contributed by atoms with Gasteiger partial charge in [-0.25, -0.2) is 4.98 Å². The van der Waals surface area contributed by atoms with Crippen molar-refractivity contribution < 1.29 is 17.9 Å². The summed E-state index contributed by atoms with van der Waals surface area (Å²) >= 11 is 0. The van der Waals surface area contributed by atoms with Gasteiger partial charge < -0.3 is 10.1 Å². The highest BCUT2D eigenvalue weighted by molar-refractivity contribution is 5.22. The molecule has 1 heterocycles. The number of hydrogen-bond donors (Lipinski definition) is 1. The summed E-state index contributed by atoms with van der Waals surface area (Å²) in [6, 6.07) is -1.86. The highest BCUT2D eigenvalue weighted by atomic mass is 19.4. The molecule has 1 rings (SSSR count). The number of rotatable bonds is 4. The van der Waals surface area contributed by atoms with Crippen LogP contribution in [0.25, 0.3) is 0 Å². The first-order valence-corrected chi connectivity index (χ1v) is 4.65. The van der Waals surface area contributed by atoms with Crippen LogP contribution in [0.5, 0.6) is 5.88 Å². The van der Waals surface area contributed by atoms with Crippen LogP contribution in [0.15, 0.2) is 12.4 Å². The van der Waals surface area contributed by atoms with Gasteiger partial charge in [-0.2, -0.15) is 13.2 Å². The molecule has 0 saturated heterocycles. The van der Waals surface area contributed by atoms with E-state index in [0.717, 1.165) is 0 Å². The second kappa shape index (κ2) is 5.11. The lowest BCUT2D eigenvalue weighted by Gasteiger charge is -2.21. The molecule has 7 heteroatoms. The Bertz CT molecular complexity index is 343. The van der Waals surface area contributed by atoms with Crippen LogP contribution in [-0.2, 0) is 0 Å². The molecule has 1 aromatic heterocycles. The Balaban J connectivity index is 3.10. The molecule has 0 amide bonds. The van der Waals surface area contributed by atoms with Crippen molar-refractivity contribution in [2.24, 2.45) is 0 Å². The van der Waals surface area contributed by atoms with Gasteiger partial charge in [0, 0.05) is 12.4 Å². The zero-order valence-electron chi connectivity index (χ0n) is 8.88. The SMILES string of the molecule is CCNC(c1nccnc1OC)C(F)(F)F. The average molecular weight is 235 g/mol. The van der Waals surface area contributed by atoms with E-state index in [2.05, 4.69) is 15.3 Å². The number of methoxy groups -OCH3 is 1. The fourth-order valence-electron chi connectivity index (χ4n) is 1.26. The number of nitrogens with one attached hydrogen (secondary N) is 1. The number of alkyl halides is 3. The first kappa shape index (κ1) is 12.7. The molecule has 0 fully saturated rings. The Labute approximate surface area is 90.9 Å². The van der Waals surface area contributed by atoms with E-state index >= 15 is 0 Å². The van der Waals surface area contributed by atoms with Crippen molar-refractivity contribution in [1.29, 1.82) is 0 Å². The normalized spacial score (nSPS) is 13.6. The maximum atomic E-state index is 12.7. The topological polar surface area (TPSA) is 47.0 Å². The molecule has 1 aromatic rings. The Kier molecular flexibility index (Phi) is 4.05. The molecule has 0 aliphatic rings. The third-order valence-corrected chi connectivity index (χ3v) is 1.89. The van der Waals surface area contributed by atoms with Crippen LogP contribution >= 0.6 is 0 Å². The molecule has 0 aromatic carbocycles. The van der Waals surface area contributed by atoms with Gasteiger partial charge in [0.2, 0.25) is 5.88 Å². The van der Waals surface area contributed by atoms with Gasteiger partial charge in [-0.3, -0.25) is 4.98 Å². The lowest BCUT2D eigenvalue weighted by molar-refractivity contribution is -0.158. The molecular weight excluding hydrogens is 223 g/mol. The van der Waals surface area contributed by atoms with Gasteiger partial charge in [0.25, 0.3) is 0 Å². The molecule has 1 N–H and O–H groups in total. The van der Waals surface area contributed by atoms with E-state index in [4.69, 9.17) is 4.74 Å². The summed E-state index contributed by atoms with van der Waals surface area (Å²) < 4.78 is 42.9. The van der Waals surface area contributed by atoms with E-state index < -0.39 is 12.2 Å². The van der Waals surface area contributed by atoms with Gasteiger partial charge in [-0.1, -0.05) is 6.92 Å². The zero-order chi connectivity index (χ0) is 12.2. The van der Waals surface area contributed by atoms with Crippen molar-refractivity contribution in [3.63, 3.8) is 0 Å². The molecule has 0 spiro atoms. The van der Waals surface area contributed by atoms with Crippen LogP contribution in [-0.4, -0.2) is 29.8 Å². The predicted molar refractivity (Wildman–Crippen MR) is 51.1 cm³/mol. The van der Waals surface area contributed by atoms with Crippen molar-refractivity contribution in [2.75, 3.05) is 13.7 Å². The third kappa shape index (κ3) is 2.82. The summed E-state index contributed by atoms with van der Waals surface area (Å²) in [6.45, 7) is 1.76. The number of ether oxygens (including phenoxy) is 1. The maximum absolute atomic E-state index is 12.7. The van der Waals surface area contributed by atoms with Crippen molar-refractivity contribution in [3.05, 3.63) is 18.1 Å². The largest absolute Gasteiger partial charge is 0.480 e. The summed E-state index contributed by atoms with van der Waals surface area (Å²) in [5.41, 5.74) is -0.251. The summed E-state index contributed by atoms with van der Waals surface area (Å²) in [6.07, 6.45) is -1.95. The van der Waals surface area contributed by atoms with E-state index in [0.29, 0.717) is 0 Å². The minimum absolute atomic E-state index is 0.120. The average Bonchev–Trinajstić information content (AvgIpc) is 2.24. The second-order valence-corrected chi connectivity index (χ2v) is 2.98. The quantitative estimate of drug-likeness (QED) is 0.862. The molecule has 0 radical (unpaired) electrons. The van der Waals surface area contributed by atoms with Crippen molar-refractivity contribution >= 4 is 0 Å². The lowest BCUT2D eigenvalue weighted by Crippen LogP contribution is -2.35. The highest BCUT2D eigenvalue weighted by Gasteiger charge is 2.43. The van der Waals surface area contributed by atoms with Gasteiger partial charge >= 0.3 is 6.18 Å². The summed E-state index contributed by atoms with van der Waals surface area (Å²) in [5, 5.41) is 2.31. The van der Waals surface area contributed by atoms with Crippen LogP contribution in [0.4, 0.5) is 13.2 Å². The monoisotopic (exact) mass is 235 g/mol. The molecule has 1 atom stereocenters. The van der Waals surface area contributed by atoms with E-state index in [1.54, 1.807) is 6.92 Å². The van der Waals surface area contributed by atoms with Gasteiger partial charge in [0.15, 0.2) is 6.04 Å². The molecule has 4 nitrogen and oxygen atoms in total. The van der Waals surface area contributed by atoms with E-state index in [9.17, 15) is 13.2 Å². The van der Waals surface area contributed by atoms with Crippen LogP contribution in [0, 0.1) is 0 Å². The minimum Gasteiger partial charge on any atom is -0.480 e. The van der Waals surface area contributed by atoms with Crippen molar-refractivity contribution in [3.8, 4) is 5.88 Å². The van der Waals surface area contributed by atoms with Crippen molar-refractivity contribution in [1.82, 2.24) is 15.3 Å². The van der Waals surface area contributed by atoms with E-state index in [1.807, 2.05) is 0 Å². The van der Waals surface area contributed by atoms with Gasteiger partial charge in [-0.15, -0.1) is 0 Å². The van der Waals surface area contributed by atoms with Crippen molar-refractivity contribution in [2.45, 2.75) is 19.1 Å². The molecule has 0 aliphatic heterocycles. The summed E-state index contributed by atoms with van der Waals surface area (Å²) in [4.78, 5) is 7.35. The van der Waals surface area contributed by atoms with E-state index in [-0.39, 0.29) is 18.1 Å². The molecule has 0 bridgehead atoms. The van der Waals surface area contributed by atoms with E-state index in [1.165, 1.54) is 19.5 Å². The Morgan fingerprint density at radius 2 is 2.00 bits per heavy atom. The molecule has 1 unspecified atom stereocenters. The Morgan fingerprint density at radius 1 is 1.38 bits per heavy atom. The second-order valence-electron chi connectivity index (χ2n) is 2.98. The standard InChI is InChI=1S/C9H12F3N3O/c1-3-13-7(9(10,11)12)6-8(16-2)15-5-4-14-6/h4-5,7,13H,3H2,1-2H3.